The van der Waals surface area contributed by atoms with Gasteiger partial charge in [-0.25, -0.2) is 0 Å². The van der Waals surface area contributed by atoms with Crippen molar-refractivity contribution in [2.45, 2.75) is 10.3 Å². The van der Waals surface area contributed by atoms with Gasteiger partial charge in [0.2, 0.25) is 23.6 Å². The van der Waals surface area contributed by atoms with Gasteiger partial charge < -0.3 is 20.2 Å². The molecule has 2 aromatic rings. The van der Waals surface area contributed by atoms with E-state index in [-0.39, 0.29) is 21.8 Å². The molecule has 0 atom stereocenters. The number of nitrogens with one attached hydrogen (secondary N) is 4. The van der Waals surface area contributed by atoms with Crippen LogP contribution in [-0.4, -0.2) is 53.5 Å². The molecule has 2 heterocycles. The Balaban J connectivity index is 1.73. The number of hydrazine groups is 1. The van der Waals surface area contributed by atoms with Crippen molar-refractivity contribution in [1.82, 2.24) is 30.8 Å². The Morgan fingerprint density at radius 2 is 1.27 bits per heavy atom. The molecule has 0 saturated carbocycles. The number of aromatic nitrogens is 4. The van der Waals surface area contributed by atoms with Crippen molar-refractivity contribution in [2.24, 2.45) is 0 Å². The highest BCUT2D eigenvalue weighted by molar-refractivity contribution is 8.00. The molecule has 0 unspecified atom stereocenters. The minimum atomic E-state index is -0.580. The van der Waals surface area contributed by atoms with Crippen LogP contribution in [0.5, 0.6) is 11.8 Å². The van der Waals surface area contributed by atoms with Crippen molar-refractivity contribution in [1.29, 1.82) is 0 Å². The lowest BCUT2D eigenvalue weighted by Crippen LogP contribution is -2.43. The molecule has 2 aromatic heterocycles. The summed E-state index contributed by atoms with van der Waals surface area (Å²) in [6.07, 6.45) is 0. The van der Waals surface area contributed by atoms with Gasteiger partial charge in [-0.1, -0.05) is 23.5 Å². The summed E-state index contributed by atoms with van der Waals surface area (Å²) in [6, 6.07) is 1.77. The van der Waals surface area contributed by atoms with Crippen molar-refractivity contribution >= 4 is 35.3 Å². The van der Waals surface area contributed by atoms with Gasteiger partial charge in [-0.3, -0.25) is 30.0 Å². The van der Waals surface area contributed by atoms with Crippen molar-refractivity contribution in [3.63, 3.8) is 0 Å². The number of hydrogen-bond donors (Lipinski definition) is 6. The van der Waals surface area contributed by atoms with Gasteiger partial charge in [-0.2, -0.15) is 9.97 Å². The minimum Gasteiger partial charge on any atom is -0.493 e. The number of carbonyl (C=O) groups excluding carboxylic acids is 2. The number of hydrogen-bond acceptors (Lipinski definition) is 10. The molecule has 2 amide bonds. The van der Waals surface area contributed by atoms with E-state index in [1.165, 1.54) is 0 Å². The maximum absolute atomic E-state index is 11.6. The van der Waals surface area contributed by atoms with E-state index in [9.17, 15) is 29.4 Å². The fourth-order valence-corrected chi connectivity index (χ4v) is 2.80. The number of thioether (sulfide) groups is 2. The highest BCUT2D eigenvalue weighted by Crippen LogP contribution is 2.13. The van der Waals surface area contributed by atoms with Crippen LogP contribution >= 0.6 is 23.5 Å². The number of carbonyl (C=O) groups is 2. The molecule has 0 fully saturated rings. The van der Waals surface area contributed by atoms with Gasteiger partial charge in [0.05, 0.1) is 23.6 Å². The van der Waals surface area contributed by atoms with E-state index in [0.717, 1.165) is 35.7 Å². The molecule has 0 aliphatic heterocycles. The van der Waals surface area contributed by atoms with Gasteiger partial charge in [-0.15, -0.1) is 0 Å². The highest BCUT2D eigenvalue weighted by Gasteiger charge is 2.09. The van der Waals surface area contributed by atoms with Gasteiger partial charge in [-0.05, 0) is 0 Å². The molecule has 12 nitrogen and oxygen atoms in total. The lowest BCUT2D eigenvalue weighted by atomic mass is 10.6. The lowest BCUT2D eigenvalue weighted by Gasteiger charge is -2.07. The van der Waals surface area contributed by atoms with Gasteiger partial charge in [0, 0.05) is 0 Å². The van der Waals surface area contributed by atoms with Crippen LogP contribution in [-0.2, 0) is 9.59 Å². The van der Waals surface area contributed by atoms with E-state index >= 15 is 0 Å². The zero-order valence-corrected chi connectivity index (χ0v) is 14.4. The first kappa shape index (κ1) is 19.3. The molecule has 2 rings (SSSR count). The van der Waals surface area contributed by atoms with Crippen LogP contribution in [0.2, 0.25) is 0 Å². The average Bonchev–Trinajstić information content (AvgIpc) is 2.54. The first-order chi connectivity index (χ1) is 12.3. The van der Waals surface area contributed by atoms with Crippen LogP contribution in [0.15, 0.2) is 32.0 Å². The Labute approximate surface area is 152 Å². The second-order valence-electron chi connectivity index (χ2n) is 4.49. The normalized spacial score (nSPS) is 10.3. The van der Waals surface area contributed by atoms with E-state index in [1.807, 2.05) is 0 Å². The Hall–Kier alpha value is -3.00. The maximum Gasteiger partial charge on any atom is 0.255 e. The quantitative estimate of drug-likeness (QED) is 0.185. The molecular weight excluding hydrogens is 388 g/mol. The first-order valence-electron chi connectivity index (χ1n) is 6.76. The summed E-state index contributed by atoms with van der Waals surface area (Å²) in [5, 5.41) is 18.4. The molecule has 0 aliphatic carbocycles. The average molecular weight is 400 g/mol. The largest absolute Gasteiger partial charge is 0.493 e. The van der Waals surface area contributed by atoms with E-state index < -0.39 is 34.7 Å². The zero-order chi connectivity index (χ0) is 19.1. The molecule has 14 heteroatoms. The van der Waals surface area contributed by atoms with Gasteiger partial charge in [0.25, 0.3) is 11.1 Å². The van der Waals surface area contributed by atoms with Gasteiger partial charge in [0.1, 0.15) is 0 Å². The second kappa shape index (κ2) is 8.91. The van der Waals surface area contributed by atoms with Crippen LogP contribution in [0, 0.1) is 0 Å². The Kier molecular flexibility index (Phi) is 6.62. The fraction of sp³-hybridized carbons (Fsp3) is 0.167. The Morgan fingerprint density at radius 3 is 1.62 bits per heavy atom. The van der Waals surface area contributed by atoms with E-state index in [0.29, 0.717) is 0 Å². The molecular formula is C12H12N6O6S2. The first-order valence-corrected chi connectivity index (χ1v) is 8.73. The summed E-state index contributed by atoms with van der Waals surface area (Å²) in [6.45, 7) is 0. The number of aromatic hydroxyl groups is 2. The van der Waals surface area contributed by atoms with Crippen molar-refractivity contribution in [3.8, 4) is 11.8 Å². The third-order valence-corrected chi connectivity index (χ3v) is 4.18. The molecule has 26 heavy (non-hydrogen) atoms. The number of amides is 2. The number of aromatic amines is 2. The van der Waals surface area contributed by atoms with E-state index in [4.69, 9.17) is 0 Å². The summed E-state index contributed by atoms with van der Waals surface area (Å²) in [4.78, 5) is 57.4. The molecule has 0 bridgehead atoms. The van der Waals surface area contributed by atoms with Crippen LogP contribution < -0.4 is 22.0 Å². The van der Waals surface area contributed by atoms with Crippen LogP contribution in [0.3, 0.4) is 0 Å². The lowest BCUT2D eigenvalue weighted by molar-refractivity contribution is -0.126. The summed E-state index contributed by atoms with van der Waals surface area (Å²) in [7, 11) is 0. The van der Waals surface area contributed by atoms with E-state index in [1.54, 1.807) is 0 Å². The van der Waals surface area contributed by atoms with Gasteiger partial charge in [0.15, 0.2) is 10.3 Å². The van der Waals surface area contributed by atoms with E-state index in [2.05, 4.69) is 30.8 Å². The molecule has 0 aliphatic rings. The molecule has 138 valence electrons. The summed E-state index contributed by atoms with van der Waals surface area (Å²) in [5.74, 6) is -2.46. The van der Waals surface area contributed by atoms with Crippen LogP contribution in [0.1, 0.15) is 0 Å². The Morgan fingerprint density at radius 1 is 0.885 bits per heavy atom. The second-order valence-corrected chi connectivity index (χ2v) is 6.42. The summed E-state index contributed by atoms with van der Waals surface area (Å²) < 4.78 is 0. The molecule has 0 spiro atoms. The number of nitrogens with zero attached hydrogens (tertiary/aromatic N) is 2. The van der Waals surface area contributed by atoms with Crippen molar-refractivity contribution in [3.05, 3.63) is 32.8 Å². The highest BCUT2D eigenvalue weighted by atomic mass is 32.2. The standard InChI is InChI=1S/C12H12N6O6S2/c19-5-1-6(20)14-11(13-5)25-3-9(23)17-18-10(24)4-26-12-15-7(21)2-8(22)16-12/h1-2H,3-4H2,(H,17,23)(H,18,24)(H2,13,14,19,20)(H2,15,16,21,22). The van der Waals surface area contributed by atoms with Crippen molar-refractivity contribution in [2.75, 3.05) is 11.5 Å². The topological polar surface area (TPSA) is 190 Å². The molecule has 6 N–H and O–H groups in total. The van der Waals surface area contributed by atoms with Gasteiger partial charge >= 0.3 is 0 Å². The smallest absolute Gasteiger partial charge is 0.255 e. The molecule has 0 radical (unpaired) electrons. The van der Waals surface area contributed by atoms with Crippen molar-refractivity contribution < 1.29 is 19.8 Å². The number of H-pyrrole nitrogens is 2. The third kappa shape index (κ3) is 6.48. The fourth-order valence-electron chi connectivity index (χ4n) is 1.46. The summed E-state index contributed by atoms with van der Waals surface area (Å²) >= 11 is 1.70. The third-order valence-electron chi connectivity index (χ3n) is 2.43. The predicted molar refractivity (Wildman–Crippen MR) is 90.8 cm³/mol. The minimum absolute atomic E-state index is 0.0472. The van der Waals surface area contributed by atoms with Crippen LogP contribution in [0.25, 0.3) is 0 Å². The zero-order valence-electron chi connectivity index (χ0n) is 12.8. The molecule has 0 aromatic carbocycles. The predicted octanol–water partition coefficient (Wildman–Crippen LogP) is -1.70. The monoisotopic (exact) mass is 400 g/mol. The Bertz CT molecular complexity index is 853. The summed E-state index contributed by atoms with van der Waals surface area (Å²) in [5.41, 5.74) is 3.16. The SMILES string of the molecule is O=C(CSc1nc(O)cc(=O)[nH]1)NNC(=O)CSc1nc(O)cc(=O)[nH]1. The molecule has 0 saturated heterocycles. The van der Waals surface area contributed by atoms with Crippen LogP contribution in [0.4, 0.5) is 0 Å². The maximum atomic E-state index is 11.6. The number of rotatable bonds is 6.